The molecule has 1 fully saturated rings. The first-order chi connectivity index (χ1) is 9.22. The Balaban J connectivity index is 2.20. The second-order valence-electron chi connectivity index (χ2n) is 4.58. The van der Waals surface area contributed by atoms with E-state index in [1.165, 1.54) is 0 Å². The fourth-order valence-electron chi connectivity index (χ4n) is 2.35. The van der Waals surface area contributed by atoms with Crippen LogP contribution in [0.25, 0.3) is 0 Å². The maximum Gasteiger partial charge on any atom is 0.239 e. The van der Waals surface area contributed by atoms with Crippen molar-refractivity contribution in [2.24, 2.45) is 5.73 Å². The number of hydrogen-bond acceptors (Lipinski definition) is 5. The van der Waals surface area contributed by atoms with Gasteiger partial charge in [0.1, 0.15) is 6.04 Å². The van der Waals surface area contributed by atoms with Crippen LogP contribution in [0.1, 0.15) is 18.0 Å². The van der Waals surface area contributed by atoms with Crippen molar-refractivity contribution in [2.45, 2.75) is 12.5 Å². The van der Waals surface area contributed by atoms with Gasteiger partial charge in [0, 0.05) is 31.9 Å². The van der Waals surface area contributed by atoms with Crippen LogP contribution in [0.15, 0.2) is 18.3 Å². The third kappa shape index (κ3) is 3.42. The Morgan fingerprint density at radius 1 is 1.47 bits per heavy atom. The average Bonchev–Trinajstić information content (AvgIpc) is 2.68. The number of methoxy groups -OCH3 is 1. The van der Waals surface area contributed by atoms with Gasteiger partial charge in [-0.1, -0.05) is 6.07 Å². The molecule has 2 rings (SSSR count). The lowest BCUT2D eigenvalue weighted by atomic mass is 10.1. The molecule has 0 radical (unpaired) electrons. The summed E-state index contributed by atoms with van der Waals surface area (Å²) >= 11 is 0. The van der Waals surface area contributed by atoms with Gasteiger partial charge in [-0.2, -0.15) is 0 Å². The average molecular weight is 264 g/mol. The summed E-state index contributed by atoms with van der Waals surface area (Å²) in [6.07, 6.45) is 2.67. The molecule has 1 saturated heterocycles. The smallest absolute Gasteiger partial charge is 0.239 e. The molecule has 0 bridgehead atoms. The van der Waals surface area contributed by atoms with Crippen molar-refractivity contribution in [1.82, 2.24) is 15.2 Å². The van der Waals surface area contributed by atoms with Crippen LogP contribution < -0.4 is 15.8 Å². The number of hydrogen-bond donors (Lipinski definition) is 2. The number of rotatable bonds is 4. The van der Waals surface area contributed by atoms with Crippen LogP contribution in [-0.4, -0.2) is 49.1 Å². The van der Waals surface area contributed by atoms with Crippen LogP contribution in [0.3, 0.4) is 0 Å². The van der Waals surface area contributed by atoms with Gasteiger partial charge in [0.2, 0.25) is 11.8 Å². The summed E-state index contributed by atoms with van der Waals surface area (Å²) in [4.78, 5) is 18.0. The highest BCUT2D eigenvalue weighted by Crippen LogP contribution is 2.22. The van der Waals surface area contributed by atoms with E-state index in [9.17, 15) is 4.79 Å². The minimum atomic E-state index is -0.418. The highest BCUT2D eigenvalue weighted by molar-refractivity contribution is 5.81. The molecule has 0 aromatic carbocycles. The number of aromatic nitrogens is 1. The Kier molecular flexibility index (Phi) is 4.70. The molecule has 19 heavy (non-hydrogen) atoms. The van der Waals surface area contributed by atoms with Gasteiger partial charge in [-0.25, -0.2) is 4.98 Å². The molecular formula is C13H20N4O2. The van der Waals surface area contributed by atoms with Gasteiger partial charge < -0.3 is 15.8 Å². The predicted molar refractivity (Wildman–Crippen MR) is 71.8 cm³/mol. The Morgan fingerprint density at radius 2 is 2.32 bits per heavy atom. The third-order valence-electron chi connectivity index (χ3n) is 3.29. The van der Waals surface area contributed by atoms with E-state index in [0.29, 0.717) is 5.88 Å². The van der Waals surface area contributed by atoms with Crippen molar-refractivity contribution in [2.75, 3.05) is 33.3 Å². The van der Waals surface area contributed by atoms with Crippen LogP contribution in [0.2, 0.25) is 0 Å². The molecule has 1 atom stereocenters. The molecule has 1 aliphatic heterocycles. The molecule has 1 aromatic heterocycles. The highest BCUT2D eigenvalue weighted by atomic mass is 16.5. The third-order valence-corrected chi connectivity index (χ3v) is 3.29. The molecular weight excluding hydrogens is 244 g/mol. The summed E-state index contributed by atoms with van der Waals surface area (Å²) in [5, 5.41) is 3.31. The van der Waals surface area contributed by atoms with Crippen LogP contribution in [0.4, 0.5) is 0 Å². The number of nitrogens with one attached hydrogen (secondary N) is 1. The molecule has 104 valence electrons. The molecule has 1 amide bonds. The van der Waals surface area contributed by atoms with Crippen molar-refractivity contribution in [3.63, 3.8) is 0 Å². The Morgan fingerprint density at radius 3 is 2.95 bits per heavy atom. The minimum absolute atomic E-state index is 0.339. The SMILES string of the molecule is COc1ccc(C(C(N)=O)N2CCCNCC2)cn1. The van der Waals surface area contributed by atoms with E-state index in [1.807, 2.05) is 6.07 Å². The lowest BCUT2D eigenvalue weighted by Crippen LogP contribution is -2.39. The van der Waals surface area contributed by atoms with Crippen molar-refractivity contribution in [3.8, 4) is 5.88 Å². The fourth-order valence-corrected chi connectivity index (χ4v) is 2.35. The number of primary amides is 1. The van der Waals surface area contributed by atoms with Gasteiger partial charge in [0.25, 0.3) is 0 Å². The number of pyridine rings is 1. The van der Waals surface area contributed by atoms with Crippen LogP contribution >= 0.6 is 0 Å². The number of ether oxygens (including phenoxy) is 1. The van der Waals surface area contributed by atoms with Crippen molar-refractivity contribution in [3.05, 3.63) is 23.9 Å². The van der Waals surface area contributed by atoms with E-state index < -0.39 is 6.04 Å². The second kappa shape index (κ2) is 6.49. The molecule has 0 aliphatic carbocycles. The van der Waals surface area contributed by atoms with Gasteiger partial charge in [0.15, 0.2) is 0 Å². The highest BCUT2D eigenvalue weighted by Gasteiger charge is 2.26. The molecule has 6 heteroatoms. The minimum Gasteiger partial charge on any atom is -0.481 e. The molecule has 3 N–H and O–H groups in total. The number of nitrogens with zero attached hydrogens (tertiary/aromatic N) is 2. The summed E-state index contributed by atoms with van der Waals surface area (Å²) in [6, 6.07) is 3.18. The molecule has 1 unspecified atom stereocenters. The summed E-state index contributed by atoms with van der Waals surface area (Å²) in [5.41, 5.74) is 6.38. The van der Waals surface area contributed by atoms with Crippen molar-refractivity contribution < 1.29 is 9.53 Å². The van der Waals surface area contributed by atoms with E-state index in [0.717, 1.165) is 38.2 Å². The van der Waals surface area contributed by atoms with E-state index in [2.05, 4.69) is 15.2 Å². The monoisotopic (exact) mass is 264 g/mol. The molecule has 6 nitrogen and oxygen atoms in total. The van der Waals surface area contributed by atoms with Crippen LogP contribution in [0, 0.1) is 0 Å². The first-order valence-electron chi connectivity index (χ1n) is 6.46. The predicted octanol–water partition coefficient (Wildman–Crippen LogP) is -0.0881. The topological polar surface area (TPSA) is 80.5 Å². The number of carbonyl (C=O) groups is 1. The first-order valence-corrected chi connectivity index (χ1v) is 6.46. The van der Waals surface area contributed by atoms with Gasteiger partial charge in [-0.15, -0.1) is 0 Å². The lowest BCUT2D eigenvalue weighted by Gasteiger charge is -2.28. The maximum atomic E-state index is 11.8. The zero-order valence-corrected chi connectivity index (χ0v) is 11.1. The zero-order valence-electron chi connectivity index (χ0n) is 11.1. The van der Waals surface area contributed by atoms with Gasteiger partial charge in [-0.05, 0) is 18.5 Å². The number of carbonyl (C=O) groups excluding carboxylic acids is 1. The standard InChI is InChI=1S/C13H20N4O2/c1-19-11-4-3-10(9-16-11)12(13(14)18)17-7-2-5-15-6-8-17/h3-4,9,12,15H,2,5-8H2,1H3,(H2,14,18). The van der Waals surface area contributed by atoms with E-state index in [4.69, 9.17) is 10.5 Å². The summed E-state index contributed by atoms with van der Waals surface area (Å²) < 4.78 is 5.02. The summed E-state index contributed by atoms with van der Waals surface area (Å²) in [7, 11) is 1.56. The number of nitrogens with two attached hydrogens (primary N) is 1. The molecule has 1 aliphatic rings. The molecule has 2 heterocycles. The van der Waals surface area contributed by atoms with E-state index in [1.54, 1.807) is 19.4 Å². The summed E-state index contributed by atoms with van der Waals surface area (Å²) in [5.74, 6) is 0.193. The fraction of sp³-hybridized carbons (Fsp3) is 0.538. The largest absolute Gasteiger partial charge is 0.481 e. The van der Waals surface area contributed by atoms with Crippen LogP contribution in [0.5, 0.6) is 5.88 Å². The van der Waals surface area contributed by atoms with Crippen molar-refractivity contribution in [1.29, 1.82) is 0 Å². The zero-order chi connectivity index (χ0) is 13.7. The van der Waals surface area contributed by atoms with Gasteiger partial charge in [0.05, 0.1) is 7.11 Å². The van der Waals surface area contributed by atoms with Crippen LogP contribution in [-0.2, 0) is 4.79 Å². The Hall–Kier alpha value is -1.66. The van der Waals surface area contributed by atoms with Gasteiger partial charge >= 0.3 is 0 Å². The Labute approximate surface area is 112 Å². The normalized spacial score (nSPS) is 18.6. The van der Waals surface area contributed by atoms with E-state index >= 15 is 0 Å². The molecule has 0 spiro atoms. The molecule has 0 saturated carbocycles. The summed E-state index contributed by atoms with van der Waals surface area (Å²) in [6.45, 7) is 3.50. The van der Waals surface area contributed by atoms with Gasteiger partial charge in [-0.3, -0.25) is 9.69 Å². The van der Waals surface area contributed by atoms with Crippen molar-refractivity contribution >= 4 is 5.91 Å². The quantitative estimate of drug-likeness (QED) is 0.794. The Bertz CT molecular complexity index is 413. The second-order valence-corrected chi connectivity index (χ2v) is 4.58. The number of amides is 1. The van der Waals surface area contributed by atoms with E-state index in [-0.39, 0.29) is 5.91 Å². The first kappa shape index (κ1) is 13.8. The molecule has 1 aromatic rings. The maximum absolute atomic E-state index is 11.8. The lowest BCUT2D eigenvalue weighted by molar-refractivity contribution is -0.123.